The van der Waals surface area contributed by atoms with E-state index in [4.69, 9.17) is 4.74 Å². The first-order valence-electron chi connectivity index (χ1n) is 5.32. The molecule has 96 valence electrons. The number of ether oxygens (including phenoxy) is 1. The van der Waals surface area contributed by atoms with E-state index in [1.54, 1.807) is 13.0 Å². The Bertz CT molecular complexity index is 470. The Morgan fingerprint density at radius 3 is 2.71 bits per heavy atom. The van der Waals surface area contributed by atoms with Crippen molar-refractivity contribution in [3.05, 3.63) is 23.8 Å². The van der Waals surface area contributed by atoms with Crippen molar-refractivity contribution >= 4 is 15.7 Å². The van der Waals surface area contributed by atoms with Crippen molar-refractivity contribution in [3.8, 4) is 5.75 Å². The lowest BCUT2D eigenvalue weighted by Crippen LogP contribution is -2.20. The molecule has 1 rings (SSSR count). The molecule has 2 N–H and O–H groups in total. The summed E-state index contributed by atoms with van der Waals surface area (Å²) in [5.74, 6) is -0.210. The monoisotopic (exact) mass is 259 g/mol. The van der Waals surface area contributed by atoms with Gasteiger partial charge in [0.2, 0.25) is 10.0 Å². The molecule has 0 unspecified atom stereocenters. The average molecular weight is 259 g/mol. The molecule has 1 aromatic rings. The highest BCUT2D eigenvalue weighted by Gasteiger charge is 2.12. The SMILES string of the molecule is CCOCCS(=O)(=O)Nc1ccc(C)cc1O. The summed E-state index contributed by atoms with van der Waals surface area (Å²) in [6, 6.07) is 4.75. The molecular weight excluding hydrogens is 242 g/mol. The maximum Gasteiger partial charge on any atom is 0.235 e. The van der Waals surface area contributed by atoms with Gasteiger partial charge in [-0.25, -0.2) is 8.42 Å². The molecule has 0 saturated carbocycles. The van der Waals surface area contributed by atoms with Gasteiger partial charge in [-0.15, -0.1) is 0 Å². The van der Waals surface area contributed by atoms with Crippen molar-refractivity contribution in [2.45, 2.75) is 13.8 Å². The average Bonchev–Trinajstić information content (AvgIpc) is 2.22. The summed E-state index contributed by atoms with van der Waals surface area (Å²) in [5.41, 5.74) is 1.05. The minimum absolute atomic E-state index is 0.0787. The van der Waals surface area contributed by atoms with Gasteiger partial charge in [-0.1, -0.05) is 6.07 Å². The molecule has 0 aliphatic heterocycles. The molecule has 0 atom stereocenters. The molecule has 0 aliphatic carbocycles. The summed E-state index contributed by atoms with van der Waals surface area (Å²) in [6.07, 6.45) is 0. The number of sulfonamides is 1. The number of aryl methyl sites for hydroxylation is 1. The summed E-state index contributed by atoms with van der Waals surface area (Å²) in [4.78, 5) is 0. The van der Waals surface area contributed by atoms with Gasteiger partial charge in [0.05, 0.1) is 18.0 Å². The topological polar surface area (TPSA) is 75.6 Å². The second kappa shape index (κ2) is 5.88. The number of nitrogens with one attached hydrogen (secondary N) is 1. The van der Waals surface area contributed by atoms with Gasteiger partial charge < -0.3 is 9.84 Å². The summed E-state index contributed by atoms with van der Waals surface area (Å²) in [5, 5.41) is 9.57. The van der Waals surface area contributed by atoms with Crippen LogP contribution in [0.4, 0.5) is 5.69 Å². The van der Waals surface area contributed by atoms with Gasteiger partial charge in [-0.05, 0) is 31.5 Å². The van der Waals surface area contributed by atoms with Crippen LogP contribution in [0.2, 0.25) is 0 Å². The third-order valence-corrected chi connectivity index (χ3v) is 3.35. The van der Waals surface area contributed by atoms with Crippen LogP contribution < -0.4 is 4.72 Å². The Morgan fingerprint density at radius 1 is 1.41 bits per heavy atom. The van der Waals surface area contributed by atoms with Gasteiger partial charge >= 0.3 is 0 Å². The Kier molecular flexibility index (Phi) is 4.77. The number of benzene rings is 1. The van der Waals surface area contributed by atoms with Crippen LogP contribution in [0.15, 0.2) is 18.2 Å². The molecule has 0 aromatic heterocycles. The van der Waals surface area contributed by atoms with Gasteiger partial charge in [0.1, 0.15) is 5.75 Å². The molecule has 0 amide bonds. The molecule has 0 fully saturated rings. The third-order valence-electron chi connectivity index (χ3n) is 2.12. The van der Waals surface area contributed by atoms with Gasteiger partial charge in [0, 0.05) is 6.61 Å². The molecule has 0 aliphatic rings. The van der Waals surface area contributed by atoms with Crippen LogP contribution in [0, 0.1) is 6.92 Å². The van der Waals surface area contributed by atoms with Crippen LogP contribution in [-0.2, 0) is 14.8 Å². The third kappa shape index (κ3) is 4.62. The number of hydrogen-bond acceptors (Lipinski definition) is 4. The number of aromatic hydroxyl groups is 1. The summed E-state index contributed by atoms with van der Waals surface area (Å²) >= 11 is 0. The fraction of sp³-hybridized carbons (Fsp3) is 0.455. The lowest BCUT2D eigenvalue weighted by Gasteiger charge is -2.09. The molecule has 0 bridgehead atoms. The van der Waals surface area contributed by atoms with E-state index in [1.165, 1.54) is 12.1 Å². The minimum Gasteiger partial charge on any atom is -0.506 e. The van der Waals surface area contributed by atoms with Crippen LogP contribution in [0.5, 0.6) is 5.75 Å². The fourth-order valence-corrected chi connectivity index (χ4v) is 2.21. The van der Waals surface area contributed by atoms with E-state index in [0.29, 0.717) is 6.61 Å². The maximum absolute atomic E-state index is 11.6. The first-order chi connectivity index (χ1) is 7.94. The van der Waals surface area contributed by atoms with Crippen molar-refractivity contribution in [1.82, 2.24) is 0 Å². The lowest BCUT2D eigenvalue weighted by atomic mass is 10.2. The lowest BCUT2D eigenvalue weighted by molar-refractivity contribution is 0.163. The molecule has 0 heterocycles. The van der Waals surface area contributed by atoms with Crippen molar-refractivity contribution in [1.29, 1.82) is 0 Å². The van der Waals surface area contributed by atoms with E-state index in [2.05, 4.69) is 4.72 Å². The first kappa shape index (κ1) is 13.8. The molecule has 5 nitrogen and oxygen atoms in total. The van der Waals surface area contributed by atoms with E-state index in [0.717, 1.165) is 5.56 Å². The van der Waals surface area contributed by atoms with Crippen LogP contribution in [0.25, 0.3) is 0 Å². The van der Waals surface area contributed by atoms with E-state index >= 15 is 0 Å². The molecular formula is C11H17NO4S. The Labute approximate surface area is 101 Å². The smallest absolute Gasteiger partial charge is 0.235 e. The van der Waals surface area contributed by atoms with Gasteiger partial charge in [0.25, 0.3) is 0 Å². The van der Waals surface area contributed by atoms with Gasteiger partial charge in [-0.2, -0.15) is 0 Å². The zero-order valence-electron chi connectivity index (χ0n) is 9.93. The molecule has 0 saturated heterocycles. The van der Waals surface area contributed by atoms with Crippen molar-refractivity contribution < 1.29 is 18.3 Å². The predicted molar refractivity (Wildman–Crippen MR) is 66.7 cm³/mol. The molecule has 0 spiro atoms. The van der Waals surface area contributed by atoms with E-state index < -0.39 is 10.0 Å². The van der Waals surface area contributed by atoms with Crippen LogP contribution in [0.3, 0.4) is 0 Å². The maximum atomic E-state index is 11.6. The highest BCUT2D eigenvalue weighted by molar-refractivity contribution is 7.92. The van der Waals surface area contributed by atoms with Crippen molar-refractivity contribution in [2.24, 2.45) is 0 Å². The second-order valence-corrected chi connectivity index (χ2v) is 5.48. The molecule has 0 radical (unpaired) electrons. The Morgan fingerprint density at radius 2 is 2.12 bits per heavy atom. The number of anilines is 1. The normalized spacial score (nSPS) is 11.4. The van der Waals surface area contributed by atoms with Crippen LogP contribution in [0.1, 0.15) is 12.5 Å². The van der Waals surface area contributed by atoms with Gasteiger partial charge in [0.15, 0.2) is 0 Å². The van der Waals surface area contributed by atoms with Gasteiger partial charge in [-0.3, -0.25) is 4.72 Å². The predicted octanol–water partition coefficient (Wildman–Crippen LogP) is 1.48. The minimum atomic E-state index is -3.48. The van der Waals surface area contributed by atoms with E-state index in [-0.39, 0.29) is 23.8 Å². The summed E-state index contributed by atoms with van der Waals surface area (Å²) < 4.78 is 30.5. The standard InChI is InChI=1S/C11H17NO4S/c1-3-16-6-7-17(14,15)12-10-5-4-9(2)8-11(10)13/h4-5,8,12-13H,3,6-7H2,1-2H3. The highest BCUT2D eigenvalue weighted by Crippen LogP contribution is 2.24. The number of hydrogen-bond donors (Lipinski definition) is 2. The second-order valence-electron chi connectivity index (χ2n) is 3.64. The molecule has 6 heteroatoms. The van der Waals surface area contributed by atoms with E-state index in [9.17, 15) is 13.5 Å². The quantitative estimate of drug-likeness (QED) is 0.599. The van der Waals surface area contributed by atoms with Crippen molar-refractivity contribution in [2.75, 3.05) is 23.7 Å². The summed E-state index contributed by atoms with van der Waals surface area (Å²) in [6.45, 7) is 4.22. The molecule has 1 aromatic carbocycles. The van der Waals surface area contributed by atoms with E-state index in [1.807, 2.05) is 6.92 Å². The Balaban J connectivity index is 2.69. The number of phenolic OH excluding ortho intramolecular Hbond substituents is 1. The fourth-order valence-electron chi connectivity index (χ4n) is 1.26. The highest BCUT2D eigenvalue weighted by atomic mass is 32.2. The first-order valence-corrected chi connectivity index (χ1v) is 6.97. The number of phenols is 1. The Hall–Kier alpha value is -1.27. The summed E-state index contributed by atoms with van der Waals surface area (Å²) in [7, 11) is -3.48. The van der Waals surface area contributed by atoms with Crippen molar-refractivity contribution in [3.63, 3.8) is 0 Å². The zero-order chi connectivity index (χ0) is 12.9. The zero-order valence-corrected chi connectivity index (χ0v) is 10.8. The van der Waals surface area contributed by atoms with Crippen LogP contribution >= 0.6 is 0 Å². The van der Waals surface area contributed by atoms with Crippen LogP contribution in [-0.4, -0.2) is 32.5 Å². The molecule has 17 heavy (non-hydrogen) atoms. The number of rotatable bonds is 6. The largest absolute Gasteiger partial charge is 0.506 e.